The number of amides is 1. The Morgan fingerprint density at radius 2 is 1.91 bits per heavy atom. The van der Waals surface area contributed by atoms with Gasteiger partial charge in [0, 0.05) is 6.07 Å². The Balaban J connectivity index is 2.71. The number of aryl methyl sites for hydroxylation is 1. The Morgan fingerprint density at radius 3 is 2.43 bits per heavy atom. The lowest BCUT2D eigenvalue weighted by Crippen LogP contribution is -2.44. The standard InChI is InChI=1S/C16H21F2NO4/c1-16(2,3)23-15(21)19-13(14(20)22-4)8-6-10-5-7-11(17)9-12(10)18/h5,7,9,13H,6,8H2,1-4H3,(H,19,21). The van der Waals surface area contributed by atoms with Gasteiger partial charge in [-0.25, -0.2) is 18.4 Å². The fourth-order valence-electron chi connectivity index (χ4n) is 1.87. The van der Waals surface area contributed by atoms with E-state index in [1.165, 1.54) is 13.2 Å². The molecule has 0 bridgehead atoms. The second-order valence-corrected chi connectivity index (χ2v) is 6.00. The van der Waals surface area contributed by atoms with Crippen molar-refractivity contribution in [3.8, 4) is 0 Å². The summed E-state index contributed by atoms with van der Waals surface area (Å²) in [5.74, 6) is -2.05. The number of carbonyl (C=O) groups excluding carboxylic acids is 2. The van der Waals surface area contributed by atoms with Gasteiger partial charge in [0.25, 0.3) is 0 Å². The van der Waals surface area contributed by atoms with Crippen molar-refractivity contribution in [2.45, 2.75) is 45.3 Å². The molecule has 1 unspecified atom stereocenters. The van der Waals surface area contributed by atoms with Gasteiger partial charge < -0.3 is 14.8 Å². The summed E-state index contributed by atoms with van der Waals surface area (Å²) < 4.78 is 36.2. The van der Waals surface area contributed by atoms with Gasteiger partial charge >= 0.3 is 12.1 Å². The van der Waals surface area contributed by atoms with Crippen molar-refractivity contribution in [1.29, 1.82) is 0 Å². The zero-order valence-corrected chi connectivity index (χ0v) is 13.6. The highest BCUT2D eigenvalue weighted by molar-refractivity contribution is 5.81. The second-order valence-electron chi connectivity index (χ2n) is 6.00. The van der Waals surface area contributed by atoms with Crippen molar-refractivity contribution < 1.29 is 27.8 Å². The van der Waals surface area contributed by atoms with Crippen LogP contribution in [-0.4, -0.2) is 30.8 Å². The maximum absolute atomic E-state index is 13.6. The topological polar surface area (TPSA) is 64.6 Å². The molecule has 23 heavy (non-hydrogen) atoms. The highest BCUT2D eigenvalue weighted by Crippen LogP contribution is 2.14. The number of benzene rings is 1. The summed E-state index contributed by atoms with van der Waals surface area (Å²) in [6, 6.07) is 2.21. The Bertz CT molecular complexity index is 570. The normalized spacial score (nSPS) is 12.4. The number of esters is 1. The summed E-state index contributed by atoms with van der Waals surface area (Å²) in [7, 11) is 1.19. The Labute approximate surface area is 134 Å². The van der Waals surface area contributed by atoms with Crippen molar-refractivity contribution in [3.63, 3.8) is 0 Å². The molecule has 1 aromatic carbocycles. The number of nitrogens with one attached hydrogen (secondary N) is 1. The van der Waals surface area contributed by atoms with Crippen molar-refractivity contribution in [1.82, 2.24) is 5.32 Å². The molecule has 0 saturated heterocycles. The van der Waals surface area contributed by atoms with Gasteiger partial charge in [-0.15, -0.1) is 0 Å². The lowest BCUT2D eigenvalue weighted by atomic mass is 10.0. The molecule has 1 atom stereocenters. The predicted molar refractivity (Wildman–Crippen MR) is 79.9 cm³/mol. The number of alkyl carbamates (subject to hydrolysis) is 1. The summed E-state index contributed by atoms with van der Waals surface area (Å²) in [5.41, 5.74) is -0.473. The molecule has 1 amide bonds. The summed E-state index contributed by atoms with van der Waals surface area (Å²) in [4.78, 5) is 23.5. The molecule has 0 heterocycles. The Hall–Kier alpha value is -2.18. The second kappa shape index (κ2) is 7.89. The Morgan fingerprint density at radius 1 is 1.26 bits per heavy atom. The molecule has 1 rings (SSSR count). The predicted octanol–water partition coefficient (Wildman–Crippen LogP) is 2.96. The third-order valence-corrected chi connectivity index (χ3v) is 2.89. The number of rotatable bonds is 5. The van der Waals surface area contributed by atoms with E-state index < -0.39 is 35.3 Å². The summed E-state index contributed by atoms with van der Waals surface area (Å²) >= 11 is 0. The van der Waals surface area contributed by atoms with Crippen LogP contribution in [0.5, 0.6) is 0 Å². The van der Waals surface area contributed by atoms with Gasteiger partial charge in [0.05, 0.1) is 7.11 Å². The van der Waals surface area contributed by atoms with Gasteiger partial charge in [0.2, 0.25) is 0 Å². The molecule has 128 valence electrons. The van der Waals surface area contributed by atoms with Crippen molar-refractivity contribution in [2.75, 3.05) is 7.11 Å². The van der Waals surface area contributed by atoms with Gasteiger partial charge in [-0.3, -0.25) is 0 Å². The van der Waals surface area contributed by atoms with Crippen LogP contribution in [0.2, 0.25) is 0 Å². The zero-order valence-electron chi connectivity index (χ0n) is 13.6. The third kappa shape index (κ3) is 6.63. The first-order valence-electron chi connectivity index (χ1n) is 7.13. The van der Waals surface area contributed by atoms with Crippen LogP contribution in [0.3, 0.4) is 0 Å². The minimum absolute atomic E-state index is 0.0917. The number of methoxy groups -OCH3 is 1. The Kier molecular flexibility index (Phi) is 6.48. The van der Waals surface area contributed by atoms with E-state index in [9.17, 15) is 18.4 Å². The quantitative estimate of drug-likeness (QED) is 0.844. The third-order valence-electron chi connectivity index (χ3n) is 2.89. The first-order valence-corrected chi connectivity index (χ1v) is 7.13. The molecule has 5 nitrogen and oxygen atoms in total. The van der Waals surface area contributed by atoms with Crippen LogP contribution in [0.15, 0.2) is 18.2 Å². The van der Waals surface area contributed by atoms with Crippen molar-refractivity contribution >= 4 is 12.1 Å². The van der Waals surface area contributed by atoms with E-state index in [-0.39, 0.29) is 18.4 Å². The highest BCUT2D eigenvalue weighted by Gasteiger charge is 2.25. The minimum atomic E-state index is -0.987. The molecule has 1 N–H and O–H groups in total. The van der Waals surface area contributed by atoms with Crippen LogP contribution < -0.4 is 5.32 Å². The smallest absolute Gasteiger partial charge is 0.408 e. The molecule has 0 saturated carbocycles. The largest absolute Gasteiger partial charge is 0.467 e. The fraction of sp³-hybridized carbons (Fsp3) is 0.500. The van der Waals surface area contributed by atoms with E-state index in [0.29, 0.717) is 0 Å². The minimum Gasteiger partial charge on any atom is -0.467 e. The molecule has 0 fully saturated rings. The number of hydrogen-bond acceptors (Lipinski definition) is 4. The van der Waals surface area contributed by atoms with Crippen molar-refractivity contribution in [3.05, 3.63) is 35.4 Å². The van der Waals surface area contributed by atoms with Gasteiger partial charge in [-0.1, -0.05) is 6.07 Å². The molecule has 0 aromatic heterocycles. The van der Waals surface area contributed by atoms with Crippen LogP contribution >= 0.6 is 0 Å². The van der Waals surface area contributed by atoms with Gasteiger partial charge in [0.15, 0.2) is 0 Å². The SMILES string of the molecule is COC(=O)C(CCc1ccc(F)cc1F)NC(=O)OC(C)(C)C. The van der Waals surface area contributed by atoms with Gasteiger partial charge in [-0.05, 0) is 45.2 Å². The molecule has 0 spiro atoms. The number of hydrogen-bond donors (Lipinski definition) is 1. The summed E-state index contributed by atoms with van der Waals surface area (Å²) in [5, 5.41) is 2.39. The van der Waals surface area contributed by atoms with Crippen LogP contribution in [0.1, 0.15) is 32.8 Å². The zero-order chi connectivity index (χ0) is 17.6. The molecular weight excluding hydrogens is 308 g/mol. The number of halogens is 2. The molecular formula is C16H21F2NO4. The average molecular weight is 329 g/mol. The van der Waals surface area contributed by atoms with E-state index in [2.05, 4.69) is 10.1 Å². The molecule has 0 radical (unpaired) electrons. The van der Waals surface area contributed by atoms with Gasteiger partial charge in [-0.2, -0.15) is 0 Å². The van der Waals surface area contributed by atoms with E-state index in [4.69, 9.17) is 4.74 Å². The molecule has 7 heteroatoms. The number of ether oxygens (including phenoxy) is 2. The van der Waals surface area contributed by atoms with E-state index in [1.807, 2.05) is 0 Å². The molecule has 0 aliphatic rings. The number of carbonyl (C=O) groups is 2. The molecule has 0 aliphatic heterocycles. The van der Waals surface area contributed by atoms with E-state index in [1.54, 1.807) is 20.8 Å². The average Bonchev–Trinajstić information content (AvgIpc) is 2.42. The van der Waals surface area contributed by atoms with Crippen LogP contribution in [0, 0.1) is 11.6 Å². The summed E-state index contributed by atoms with van der Waals surface area (Å²) in [6.45, 7) is 5.06. The first-order chi connectivity index (χ1) is 10.6. The summed E-state index contributed by atoms with van der Waals surface area (Å²) in [6.07, 6.45) is -0.552. The van der Waals surface area contributed by atoms with Crippen LogP contribution in [-0.2, 0) is 20.7 Å². The molecule has 0 aliphatic carbocycles. The van der Waals surface area contributed by atoms with E-state index >= 15 is 0 Å². The van der Waals surface area contributed by atoms with E-state index in [0.717, 1.165) is 12.1 Å². The maximum atomic E-state index is 13.6. The van der Waals surface area contributed by atoms with Gasteiger partial charge in [0.1, 0.15) is 23.3 Å². The van der Waals surface area contributed by atoms with Crippen molar-refractivity contribution in [2.24, 2.45) is 0 Å². The fourth-order valence-corrected chi connectivity index (χ4v) is 1.87. The maximum Gasteiger partial charge on any atom is 0.408 e. The van der Waals surface area contributed by atoms with Crippen LogP contribution in [0.4, 0.5) is 13.6 Å². The van der Waals surface area contributed by atoms with Crippen LogP contribution in [0.25, 0.3) is 0 Å². The molecule has 1 aromatic rings. The first kappa shape index (κ1) is 18.9. The lowest BCUT2D eigenvalue weighted by Gasteiger charge is -2.22. The monoisotopic (exact) mass is 329 g/mol. The lowest BCUT2D eigenvalue weighted by molar-refractivity contribution is -0.143. The highest BCUT2D eigenvalue weighted by atomic mass is 19.1.